The molecule has 0 bridgehead atoms. The van der Waals surface area contributed by atoms with Crippen LogP contribution in [0, 0.1) is 5.92 Å². The van der Waals surface area contributed by atoms with Crippen LogP contribution < -0.4 is 15.4 Å². The first-order valence-electron chi connectivity index (χ1n) is 11.1. The number of halogens is 1. The molecule has 2 aromatic rings. The topological polar surface area (TPSA) is 75.9 Å². The largest absolute Gasteiger partial charge is 0.497 e. The van der Waals surface area contributed by atoms with Crippen molar-refractivity contribution in [1.82, 2.24) is 25.3 Å². The van der Waals surface area contributed by atoms with E-state index >= 15 is 0 Å². The van der Waals surface area contributed by atoms with E-state index in [0.717, 1.165) is 64.2 Å². The Morgan fingerprint density at radius 2 is 1.97 bits per heavy atom. The van der Waals surface area contributed by atoms with Crippen molar-refractivity contribution >= 4 is 29.9 Å². The highest BCUT2D eigenvalue weighted by molar-refractivity contribution is 14.0. The number of hydrogen-bond donors (Lipinski definition) is 2. The number of aliphatic imine (C=N–C) groups is 1. The highest BCUT2D eigenvalue weighted by atomic mass is 127. The van der Waals surface area contributed by atoms with Crippen LogP contribution in [0.2, 0.25) is 0 Å². The molecule has 1 aromatic heterocycles. The second-order valence-corrected chi connectivity index (χ2v) is 7.87. The molecule has 2 heterocycles. The quantitative estimate of drug-likeness (QED) is 0.267. The van der Waals surface area contributed by atoms with Crippen molar-refractivity contribution in [2.75, 3.05) is 53.0 Å². The second kappa shape index (κ2) is 14.3. The Morgan fingerprint density at radius 1 is 1.22 bits per heavy atom. The number of hydrogen-bond acceptors (Lipinski definition) is 5. The second-order valence-electron chi connectivity index (χ2n) is 7.87. The van der Waals surface area contributed by atoms with E-state index in [1.54, 1.807) is 7.11 Å². The van der Waals surface area contributed by atoms with Gasteiger partial charge in [0.1, 0.15) is 5.75 Å². The summed E-state index contributed by atoms with van der Waals surface area (Å²) in [5.74, 6) is 2.12. The molecule has 0 radical (unpaired) electrons. The summed E-state index contributed by atoms with van der Waals surface area (Å²) >= 11 is 0. The minimum Gasteiger partial charge on any atom is -0.497 e. The monoisotopic (exact) mass is 556 g/mol. The Kier molecular flexibility index (Phi) is 11.8. The first kappa shape index (κ1) is 26.4. The van der Waals surface area contributed by atoms with Crippen molar-refractivity contribution < 1.29 is 9.47 Å². The van der Waals surface area contributed by atoms with Crippen molar-refractivity contribution in [2.45, 2.75) is 26.4 Å². The third-order valence-corrected chi connectivity index (χ3v) is 5.41. The maximum Gasteiger partial charge on any atom is 0.191 e. The van der Waals surface area contributed by atoms with E-state index in [9.17, 15) is 0 Å². The lowest BCUT2D eigenvalue weighted by atomic mass is 10.0. The van der Waals surface area contributed by atoms with E-state index in [1.807, 2.05) is 35.3 Å². The highest BCUT2D eigenvalue weighted by Gasteiger charge is 2.23. The molecule has 9 heteroatoms. The fourth-order valence-electron chi connectivity index (χ4n) is 3.74. The Labute approximate surface area is 208 Å². The predicted molar refractivity (Wildman–Crippen MR) is 139 cm³/mol. The molecule has 3 rings (SSSR count). The normalized spacial score (nSPS) is 16.7. The molecular weight excluding hydrogens is 519 g/mol. The van der Waals surface area contributed by atoms with Gasteiger partial charge in [-0.2, -0.15) is 5.10 Å². The molecule has 8 nitrogen and oxygen atoms in total. The number of rotatable bonds is 10. The molecule has 0 aliphatic carbocycles. The summed E-state index contributed by atoms with van der Waals surface area (Å²) in [6.45, 7) is 10.9. The zero-order valence-electron chi connectivity index (χ0n) is 19.4. The molecule has 1 saturated heterocycles. The van der Waals surface area contributed by atoms with Crippen LogP contribution in [0.1, 0.15) is 25.5 Å². The molecule has 178 valence electrons. The van der Waals surface area contributed by atoms with Crippen molar-refractivity contribution in [2.24, 2.45) is 10.9 Å². The van der Waals surface area contributed by atoms with E-state index in [0.29, 0.717) is 5.92 Å². The third-order valence-electron chi connectivity index (χ3n) is 5.41. The number of morpholine rings is 1. The summed E-state index contributed by atoms with van der Waals surface area (Å²) in [4.78, 5) is 7.30. The minimum absolute atomic E-state index is 0. The van der Waals surface area contributed by atoms with Crippen LogP contribution in [0.4, 0.5) is 0 Å². The smallest absolute Gasteiger partial charge is 0.191 e. The number of nitrogens with zero attached hydrogens (tertiary/aromatic N) is 4. The molecule has 1 aliphatic rings. The van der Waals surface area contributed by atoms with Gasteiger partial charge in [-0.25, -0.2) is 0 Å². The van der Waals surface area contributed by atoms with E-state index in [4.69, 9.17) is 14.5 Å². The van der Waals surface area contributed by atoms with E-state index in [-0.39, 0.29) is 30.0 Å². The van der Waals surface area contributed by atoms with Gasteiger partial charge in [-0.1, -0.05) is 19.1 Å². The zero-order chi connectivity index (χ0) is 21.9. The number of guanidine groups is 1. The van der Waals surface area contributed by atoms with Crippen LogP contribution in [0.5, 0.6) is 5.75 Å². The van der Waals surface area contributed by atoms with Gasteiger partial charge in [0.05, 0.1) is 26.4 Å². The average molecular weight is 556 g/mol. The summed E-state index contributed by atoms with van der Waals surface area (Å²) in [5, 5.41) is 11.2. The first-order valence-corrected chi connectivity index (χ1v) is 11.1. The summed E-state index contributed by atoms with van der Waals surface area (Å²) < 4.78 is 12.9. The van der Waals surface area contributed by atoms with Gasteiger partial charge in [-0.3, -0.25) is 14.6 Å². The molecule has 0 spiro atoms. The van der Waals surface area contributed by atoms with E-state index in [2.05, 4.69) is 46.6 Å². The SMILES string of the molecule is CCNC(=NCC(C)Cn1cccn1)NCC(c1ccc(OC)cc1)N1CCOCC1.I. The maximum absolute atomic E-state index is 5.57. The Hall–Kier alpha value is -1.85. The lowest BCUT2D eigenvalue weighted by molar-refractivity contribution is 0.0170. The van der Waals surface area contributed by atoms with Crippen molar-refractivity contribution in [3.63, 3.8) is 0 Å². The van der Waals surface area contributed by atoms with Gasteiger partial charge >= 0.3 is 0 Å². The fourth-order valence-corrected chi connectivity index (χ4v) is 3.74. The van der Waals surface area contributed by atoms with Gasteiger partial charge in [-0.05, 0) is 36.6 Å². The van der Waals surface area contributed by atoms with Crippen molar-refractivity contribution in [1.29, 1.82) is 0 Å². The molecule has 1 fully saturated rings. The van der Waals surface area contributed by atoms with Gasteiger partial charge in [0.25, 0.3) is 0 Å². The summed E-state index contributed by atoms with van der Waals surface area (Å²) in [5.41, 5.74) is 1.26. The lowest BCUT2D eigenvalue weighted by Gasteiger charge is -2.35. The summed E-state index contributed by atoms with van der Waals surface area (Å²) in [7, 11) is 1.70. The van der Waals surface area contributed by atoms with Crippen LogP contribution in [-0.4, -0.2) is 73.7 Å². The standard InChI is InChI=1S/C23H36N6O2.HI/c1-4-24-23(25-16-19(2)18-29-11-5-10-27-29)26-17-22(28-12-14-31-15-13-28)20-6-8-21(30-3)9-7-20;/h5-11,19,22H,4,12-18H2,1-3H3,(H2,24,25,26);1H. The molecule has 0 amide bonds. The van der Waals surface area contributed by atoms with Gasteiger partial charge in [-0.15, -0.1) is 24.0 Å². The predicted octanol–water partition coefficient (Wildman–Crippen LogP) is 2.77. The Bertz CT molecular complexity index is 778. The Morgan fingerprint density at radius 3 is 2.59 bits per heavy atom. The number of aromatic nitrogens is 2. The van der Waals surface area contributed by atoms with Gasteiger partial charge < -0.3 is 20.1 Å². The van der Waals surface area contributed by atoms with Gasteiger partial charge in [0, 0.05) is 51.7 Å². The fraction of sp³-hybridized carbons (Fsp3) is 0.565. The van der Waals surface area contributed by atoms with Gasteiger partial charge in [0.2, 0.25) is 0 Å². The molecular formula is C23H37IN6O2. The molecule has 2 N–H and O–H groups in total. The van der Waals surface area contributed by atoms with Crippen LogP contribution in [0.25, 0.3) is 0 Å². The number of nitrogens with one attached hydrogen (secondary N) is 2. The highest BCUT2D eigenvalue weighted by Crippen LogP contribution is 2.23. The summed E-state index contributed by atoms with van der Waals surface area (Å²) in [6.07, 6.45) is 3.80. The van der Waals surface area contributed by atoms with Crippen LogP contribution in [0.15, 0.2) is 47.7 Å². The molecule has 0 saturated carbocycles. The van der Waals surface area contributed by atoms with E-state index in [1.165, 1.54) is 5.56 Å². The minimum atomic E-state index is 0. The van der Waals surface area contributed by atoms with Crippen molar-refractivity contribution in [3.8, 4) is 5.75 Å². The number of benzene rings is 1. The van der Waals surface area contributed by atoms with Gasteiger partial charge in [0.15, 0.2) is 5.96 Å². The van der Waals surface area contributed by atoms with Crippen LogP contribution >= 0.6 is 24.0 Å². The van der Waals surface area contributed by atoms with Crippen molar-refractivity contribution in [3.05, 3.63) is 48.3 Å². The summed E-state index contributed by atoms with van der Waals surface area (Å²) in [6, 6.07) is 10.5. The lowest BCUT2D eigenvalue weighted by Crippen LogP contribution is -2.46. The first-order chi connectivity index (χ1) is 15.2. The molecule has 2 unspecified atom stereocenters. The van der Waals surface area contributed by atoms with Crippen LogP contribution in [0.3, 0.4) is 0 Å². The van der Waals surface area contributed by atoms with E-state index < -0.39 is 0 Å². The average Bonchev–Trinajstić information content (AvgIpc) is 3.31. The maximum atomic E-state index is 5.57. The molecule has 1 aromatic carbocycles. The van der Waals surface area contributed by atoms with Crippen LogP contribution in [-0.2, 0) is 11.3 Å². The third kappa shape index (κ3) is 8.25. The Balaban J connectivity index is 0.00000363. The number of methoxy groups -OCH3 is 1. The zero-order valence-corrected chi connectivity index (χ0v) is 21.7. The molecule has 2 atom stereocenters. The number of ether oxygens (including phenoxy) is 2. The molecule has 32 heavy (non-hydrogen) atoms. The molecule has 1 aliphatic heterocycles.